The molecule has 0 aliphatic carbocycles. The minimum atomic E-state index is -0.615. The lowest BCUT2D eigenvalue weighted by Gasteiger charge is -2.11. The molecule has 4 rings (SSSR count). The average Bonchev–Trinajstić information content (AvgIpc) is 3.51. The molecule has 1 aliphatic heterocycles. The van der Waals surface area contributed by atoms with Gasteiger partial charge < -0.3 is 13.7 Å². The summed E-state index contributed by atoms with van der Waals surface area (Å²) in [6.07, 6.45) is 5.18. The van der Waals surface area contributed by atoms with Crippen LogP contribution < -0.4 is 0 Å². The second-order valence-corrected chi connectivity index (χ2v) is 9.45. The number of amides is 2. The zero-order valence-electron chi connectivity index (χ0n) is 20.3. The number of unbranched alkanes of at least 4 members (excludes halogenated alkanes) is 1. The highest BCUT2D eigenvalue weighted by Gasteiger charge is 2.36. The number of methoxy groups -OCH3 is 1. The number of benzene rings is 1. The van der Waals surface area contributed by atoms with Gasteiger partial charge in [-0.3, -0.25) is 14.5 Å². The molecule has 0 bridgehead atoms. The molecule has 0 saturated carbocycles. The lowest BCUT2D eigenvalue weighted by molar-refractivity contribution is -0.123. The molecule has 0 spiro atoms. The monoisotopic (exact) mass is 492 g/mol. The number of aryl methyl sites for hydroxylation is 2. The smallest absolute Gasteiger partial charge is 0.373 e. The number of furan rings is 1. The Kier molecular flexibility index (Phi) is 7.31. The Bertz CT molecular complexity index is 1300. The lowest BCUT2D eigenvalue weighted by Crippen LogP contribution is -2.27. The summed E-state index contributed by atoms with van der Waals surface area (Å²) in [5, 5.41) is -0.381. The SMILES string of the molecule is CCCCc1ccc(-n2c(C)cc(/C=C3/SC(=O)N(Cc4ccc(C(=O)OC)o4)C3=O)c2C)cc1. The lowest BCUT2D eigenvalue weighted by atomic mass is 10.1. The summed E-state index contributed by atoms with van der Waals surface area (Å²) in [7, 11) is 1.26. The number of hydrogen-bond donors (Lipinski definition) is 0. The van der Waals surface area contributed by atoms with Gasteiger partial charge in [-0.15, -0.1) is 0 Å². The van der Waals surface area contributed by atoms with E-state index in [9.17, 15) is 14.4 Å². The largest absolute Gasteiger partial charge is 0.463 e. The first-order chi connectivity index (χ1) is 16.8. The number of nitrogens with zero attached hydrogens (tertiary/aromatic N) is 2. The molecule has 3 heterocycles. The second-order valence-electron chi connectivity index (χ2n) is 8.46. The molecular weight excluding hydrogens is 464 g/mol. The quantitative estimate of drug-likeness (QED) is 0.281. The Morgan fingerprint density at radius 2 is 1.86 bits per heavy atom. The van der Waals surface area contributed by atoms with Gasteiger partial charge in [0.05, 0.1) is 18.6 Å². The molecular formula is C27H28N2O5S. The molecule has 1 saturated heterocycles. The summed E-state index contributed by atoms with van der Waals surface area (Å²) in [5.41, 5.74) is 5.30. The third kappa shape index (κ3) is 5.12. The molecule has 1 aliphatic rings. The van der Waals surface area contributed by atoms with Gasteiger partial charge in [-0.1, -0.05) is 25.5 Å². The number of esters is 1. The molecule has 0 radical (unpaired) electrons. The van der Waals surface area contributed by atoms with Crippen molar-refractivity contribution in [3.63, 3.8) is 0 Å². The Morgan fingerprint density at radius 1 is 1.11 bits per heavy atom. The van der Waals surface area contributed by atoms with Crippen molar-refractivity contribution < 1.29 is 23.5 Å². The fourth-order valence-corrected chi connectivity index (χ4v) is 4.96. The first kappa shape index (κ1) is 24.6. The van der Waals surface area contributed by atoms with Gasteiger partial charge in [0, 0.05) is 17.1 Å². The average molecular weight is 493 g/mol. The number of thioether (sulfide) groups is 1. The van der Waals surface area contributed by atoms with Gasteiger partial charge in [0.25, 0.3) is 11.1 Å². The number of carbonyl (C=O) groups is 3. The molecule has 3 aromatic rings. The minimum Gasteiger partial charge on any atom is -0.463 e. The van der Waals surface area contributed by atoms with Crippen molar-refractivity contribution in [2.45, 2.75) is 46.6 Å². The van der Waals surface area contributed by atoms with Gasteiger partial charge in [0.2, 0.25) is 5.76 Å². The highest BCUT2D eigenvalue weighted by atomic mass is 32.2. The predicted octanol–water partition coefficient (Wildman–Crippen LogP) is 6.05. The summed E-state index contributed by atoms with van der Waals surface area (Å²) in [5.74, 6) is -0.650. The van der Waals surface area contributed by atoms with Crippen LogP contribution in [0.4, 0.5) is 4.79 Å². The number of imide groups is 1. The highest BCUT2D eigenvalue weighted by molar-refractivity contribution is 8.18. The maximum absolute atomic E-state index is 13.0. The van der Waals surface area contributed by atoms with Crippen molar-refractivity contribution in [1.82, 2.24) is 9.47 Å². The topological polar surface area (TPSA) is 81.8 Å². The number of rotatable bonds is 8. The Hall–Kier alpha value is -3.52. The standard InChI is InChI=1S/C27H28N2O5S/c1-5-6-7-19-8-10-21(11-9-19)29-17(2)14-20(18(29)3)15-24-25(30)28(27(32)35-24)16-22-12-13-23(34-22)26(31)33-4/h8-15H,5-7,16H2,1-4H3/b24-15+. The van der Waals surface area contributed by atoms with Gasteiger partial charge >= 0.3 is 5.97 Å². The predicted molar refractivity (Wildman–Crippen MR) is 135 cm³/mol. The summed E-state index contributed by atoms with van der Waals surface area (Å²) in [6, 6.07) is 13.6. The van der Waals surface area contributed by atoms with E-state index in [1.54, 1.807) is 12.1 Å². The normalized spacial score (nSPS) is 14.9. The molecule has 2 amide bonds. The second kappa shape index (κ2) is 10.4. The van der Waals surface area contributed by atoms with Crippen LogP contribution in [0.3, 0.4) is 0 Å². The molecule has 8 heteroatoms. The minimum absolute atomic E-state index is 0.0239. The van der Waals surface area contributed by atoms with Crippen LogP contribution in [0.25, 0.3) is 11.8 Å². The van der Waals surface area contributed by atoms with Crippen LogP contribution in [0.5, 0.6) is 0 Å². The van der Waals surface area contributed by atoms with E-state index < -0.39 is 5.97 Å². The van der Waals surface area contributed by atoms with Crippen LogP contribution >= 0.6 is 11.8 Å². The van der Waals surface area contributed by atoms with E-state index in [0.717, 1.165) is 45.7 Å². The van der Waals surface area contributed by atoms with Crippen LogP contribution in [0, 0.1) is 13.8 Å². The molecule has 0 atom stereocenters. The molecule has 35 heavy (non-hydrogen) atoms. The van der Waals surface area contributed by atoms with Crippen LogP contribution in [0.15, 0.2) is 51.8 Å². The molecule has 182 valence electrons. The highest BCUT2D eigenvalue weighted by Crippen LogP contribution is 2.35. The molecule has 7 nitrogen and oxygen atoms in total. The van der Waals surface area contributed by atoms with E-state index >= 15 is 0 Å². The molecule has 1 aromatic carbocycles. The number of aromatic nitrogens is 1. The van der Waals surface area contributed by atoms with Crippen molar-refractivity contribution >= 4 is 35.0 Å². The maximum atomic E-state index is 13.0. The summed E-state index contributed by atoms with van der Waals surface area (Å²) in [4.78, 5) is 38.6. The summed E-state index contributed by atoms with van der Waals surface area (Å²) >= 11 is 0.899. The molecule has 2 aromatic heterocycles. The van der Waals surface area contributed by atoms with Crippen molar-refractivity contribution in [3.05, 3.63) is 81.4 Å². The van der Waals surface area contributed by atoms with E-state index in [0.29, 0.717) is 10.7 Å². The number of carbonyl (C=O) groups excluding carboxylic acids is 3. The number of hydrogen-bond acceptors (Lipinski definition) is 6. The van der Waals surface area contributed by atoms with E-state index in [1.807, 2.05) is 19.9 Å². The zero-order valence-corrected chi connectivity index (χ0v) is 21.1. The Labute approximate surface area is 208 Å². The van der Waals surface area contributed by atoms with Crippen molar-refractivity contribution in [1.29, 1.82) is 0 Å². The number of ether oxygens (including phenoxy) is 1. The van der Waals surface area contributed by atoms with E-state index in [-0.39, 0.29) is 23.5 Å². The maximum Gasteiger partial charge on any atom is 0.373 e. The van der Waals surface area contributed by atoms with Crippen LogP contribution in [0.1, 0.15) is 58.6 Å². The summed E-state index contributed by atoms with van der Waals surface area (Å²) < 4.78 is 12.2. The third-order valence-electron chi connectivity index (χ3n) is 6.01. The van der Waals surface area contributed by atoms with Gasteiger partial charge in [-0.05, 0) is 86.0 Å². The van der Waals surface area contributed by atoms with Crippen molar-refractivity contribution in [2.75, 3.05) is 7.11 Å². The first-order valence-corrected chi connectivity index (χ1v) is 12.3. The van der Waals surface area contributed by atoms with E-state index in [1.165, 1.54) is 31.6 Å². The molecule has 0 unspecified atom stereocenters. The Balaban J connectivity index is 1.54. The van der Waals surface area contributed by atoms with Gasteiger partial charge in [0.15, 0.2) is 0 Å². The van der Waals surface area contributed by atoms with Crippen LogP contribution in [-0.2, 0) is 22.5 Å². The summed E-state index contributed by atoms with van der Waals surface area (Å²) in [6.45, 7) is 6.17. The van der Waals surface area contributed by atoms with Gasteiger partial charge in [-0.2, -0.15) is 0 Å². The third-order valence-corrected chi connectivity index (χ3v) is 6.91. The Morgan fingerprint density at radius 3 is 2.54 bits per heavy atom. The zero-order chi connectivity index (χ0) is 25.1. The first-order valence-electron chi connectivity index (χ1n) is 11.5. The molecule has 1 fully saturated rings. The van der Waals surface area contributed by atoms with Gasteiger partial charge in [-0.25, -0.2) is 4.79 Å². The van der Waals surface area contributed by atoms with Crippen LogP contribution in [0.2, 0.25) is 0 Å². The van der Waals surface area contributed by atoms with Crippen LogP contribution in [-0.4, -0.2) is 33.7 Å². The molecule has 0 N–H and O–H groups in total. The van der Waals surface area contributed by atoms with Gasteiger partial charge in [0.1, 0.15) is 5.76 Å². The fraction of sp³-hybridized carbons (Fsp3) is 0.296. The van der Waals surface area contributed by atoms with E-state index in [2.05, 4.69) is 40.5 Å². The fourth-order valence-electron chi connectivity index (χ4n) is 4.13. The van der Waals surface area contributed by atoms with Crippen molar-refractivity contribution in [2.24, 2.45) is 0 Å². The van der Waals surface area contributed by atoms with Crippen molar-refractivity contribution in [3.8, 4) is 5.69 Å². The van der Waals surface area contributed by atoms with E-state index in [4.69, 9.17) is 4.42 Å².